The van der Waals surface area contributed by atoms with Gasteiger partial charge in [0.15, 0.2) is 0 Å². The first-order valence-electron chi connectivity index (χ1n) is 18.0. The maximum absolute atomic E-state index is 13.9. The van der Waals surface area contributed by atoms with Crippen LogP contribution in [0.4, 0.5) is 0 Å². The first-order chi connectivity index (χ1) is 24.7. The highest BCUT2D eigenvalue weighted by molar-refractivity contribution is 5.96. The average molecular weight is 731 g/mol. The van der Waals surface area contributed by atoms with E-state index in [0.717, 1.165) is 0 Å². The zero-order chi connectivity index (χ0) is 38.8. The second-order valence-electron chi connectivity index (χ2n) is 13.7. The molecule has 1 aliphatic rings. The van der Waals surface area contributed by atoms with Gasteiger partial charge >= 0.3 is 5.97 Å². The van der Waals surface area contributed by atoms with Gasteiger partial charge in [-0.2, -0.15) is 0 Å². The van der Waals surface area contributed by atoms with Gasteiger partial charge in [0, 0.05) is 13.5 Å². The number of benzene rings is 1. The Morgan fingerprint density at radius 3 is 2.10 bits per heavy atom. The molecule has 0 saturated heterocycles. The van der Waals surface area contributed by atoms with Crippen molar-refractivity contribution in [2.45, 2.75) is 114 Å². The molecule has 2 rings (SSSR count). The molecule has 6 atom stereocenters. The molecule has 12 N–H and O–H groups in total. The van der Waals surface area contributed by atoms with E-state index < -0.39 is 71.8 Å². The number of nitrogens with two attached hydrogens (primary N) is 3. The van der Waals surface area contributed by atoms with Crippen molar-refractivity contribution in [3.05, 3.63) is 42.0 Å². The van der Waals surface area contributed by atoms with E-state index in [1.807, 2.05) is 13.8 Å². The summed E-state index contributed by atoms with van der Waals surface area (Å²) in [4.78, 5) is 81.6. The van der Waals surface area contributed by atoms with Crippen LogP contribution in [-0.2, 0) is 35.2 Å². The molecule has 1 heterocycles. The Bertz CT molecular complexity index is 1370. The van der Waals surface area contributed by atoms with Gasteiger partial charge in [-0.05, 0) is 94.5 Å². The standard InChI is InChI=1S/C36H58N8O8/c1-22(2)20-29(36(51)52)43-33(48)28(21-23-14-16-24(45)17-15-23)42-32(47)26-11-5-4-10-25(39)35(50)44(3)30(13-7-9-19-38)34(49)41-27(31(46)40-26)12-6-8-18-37/h4-5,14-17,22,25-30,45H,6-13,18-21,37-39H2,1-3H3,(H,40,46)(H,41,49)(H,42,47)(H,43,48)(H,51,52)/b5-4+/t25-,26-,27-,28-,29-,30-/m0/s1. The lowest BCUT2D eigenvalue weighted by Gasteiger charge is -2.31. The summed E-state index contributed by atoms with van der Waals surface area (Å²) in [7, 11) is 1.50. The predicted molar refractivity (Wildman–Crippen MR) is 195 cm³/mol. The normalized spacial score (nSPS) is 22.1. The van der Waals surface area contributed by atoms with E-state index in [1.165, 1.54) is 24.1 Å². The lowest BCUT2D eigenvalue weighted by Crippen LogP contribution is -2.59. The molecule has 0 aromatic heterocycles. The van der Waals surface area contributed by atoms with Crippen molar-refractivity contribution < 1.29 is 39.0 Å². The fraction of sp³-hybridized carbons (Fsp3) is 0.611. The molecule has 5 amide bonds. The van der Waals surface area contributed by atoms with Crippen LogP contribution in [0, 0.1) is 5.92 Å². The number of phenolic OH excluding ortho intramolecular Hbond substituents is 1. The number of carbonyl (C=O) groups is 6. The zero-order valence-electron chi connectivity index (χ0n) is 30.5. The van der Waals surface area contributed by atoms with E-state index in [1.54, 1.807) is 24.3 Å². The lowest BCUT2D eigenvalue weighted by molar-refractivity contribution is -0.143. The number of carbonyl (C=O) groups excluding carboxylic acids is 5. The maximum Gasteiger partial charge on any atom is 0.326 e. The number of amides is 5. The average Bonchev–Trinajstić information content (AvgIpc) is 3.09. The summed E-state index contributed by atoms with van der Waals surface area (Å²) in [5.74, 6) is -4.45. The lowest BCUT2D eigenvalue weighted by atomic mass is 10.0. The van der Waals surface area contributed by atoms with Gasteiger partial charge in [-0.25, -0.2) is 4.79 Å². The molecule has 1 aliphatic heterocycles. The van der Waals surface area contributed by atoms with Crippen LogP contribution in [-0.4, -0.2) is 107 Å². The fourth-order valence-electron chi connectivity index (χ4n) is 5.82. The summed E-state index contributed by atoms with van der Waals surface area (Å²) < 4.78 is 0. The molecule has 290 valence electrons. The van der Waals surface area contributed by atoms with Crippen LogP contribution in [0.5, 0.6) is 5.75 Å². The Balaban J connectivity index is 2.47. The molecule has 0 unspecified atom stereocenters. The van der Waals surface area contributed by atoms with Crippen LogP contribution in [0.2, 0.25) is 0 Å². The molecule has 0 saturated carbocycles. The Hall–Kier alpha value is -4.54. The van der Waals surface area contributed by atoms with E-state index in [4.69, 9.17) is 17.2 Å². The number of hydrogen-bond donors (Lipinski definition) is 9. The summed E-state index contributed by atoms with van der Waals surface area (Å²) in [6.45, 7) is 4.39. The van der Waals surface area contributed by atoms with Crippen molar-refractivity contribution in [3.63, 3.8) is 0 Å². The minimum atomic E-state index is -1.27. The molecule has 1 aromatic rings. The number of nitrogens with one attached hydrogen (secondary N) is 4. The Morgan fingerprint density at radius 2 is 1.50 bits per heavy atom. The summed E-state index contributed by atoms with van der Waals surface area (Å²) in [6, 6.07) is -0.746. The Labute approximate surface area is 305 Å². The third-order valence-corrected chi connectivity index (χ3v) is 8.84. The third-order valence-electron chi connectivity index (χ3n) is 8.84. The highest BCUT2D eigenvalue weighted by Crippen LogP contribution is 2.15. The van der Waals surface area contributed by atoms with Crippen LogP contribution < -0.4 is 38.5 Å². The number of likely N-dealkylation sites (N-methyl/N-ethyl adjacent to an activating group) is 1. The number of rotatable bonds is 17. The molecule has 1 aromatic carbocycles. The largest absolute Gasteiger partial charge is 0.508 e. The summed E-state index contributed by atoms with van der Waals surface area (Å²) in [5.41, 5.74) is 18.1. The SMILES string of the molecule is CC(C)C[C@H](NC(=O)[C@H](Cc1ccc(O)cc1)NC(=O)[C@@H]1C/C=C/C[C@H](N)C(=O)N(C)[C@@H](CCCCN)C(=O)N[C@@H](CCCCN)C(=O)N1)C(=O)O. The highest BCUT2D eigenvalue weighted by Gasteiger charge is 2.34. The fourth-order valence-corrected chi connectivity index (χ4v) is 5.82. The third kappa shape index (κ3) is 14.6. The van der Waals surface area contributed by atoms with Crippen molar-refractivity contribution in [2.24, 2.45) is 23.1 Å². The van der Waals surface area contributed by atoms with Gasteiger partial charge in [0.2, 0.25) is 29.5 Å². The van der Waals surface area contributed by atoms with Crippen LogP contribution in [0.3, 0.4) is 0 Å². The number of aliphatic carboxylic acids is 1. The van der Waals surface area contributed by atoms with Crippen molar-refractivity contribution in [3.8, 4) is 5.75 Å². The molecule has 0 fully saturated rings. The Kier molecular flexibility index (Phi) is 18.8. The number of nitrogens with zero attached hydrogens (tertiary/aromatic N) is 1. The predicted octanol–water partition coefficient (Wildman–Crippen LogP) is -0.233. The Morgan fingerprint density at radius 1 is 0.885 bits per heavy atom. The summed E-state index contributed by atoms with van der Waals surface area (Å²) in [6.07, 6.45) is 6.05. The van der Waals surface area contributed by atoms with E-state index >= 15 is 0 Å². The van der Waals surface area contributed by atoms with Gasteiger partial charge in [0.25, 0.3) is 0 Å². The molecule has 0 aliphatic carbocycles. The molecule has 16 heteroatoms. The van der Waals surface area contributed by atoms with E-state index in [0.29, 0.717) is 50.8 Å². The maximum atomic E-state index is 13.9. The number of phenols is 1. The minimum Gasteiger partial charge on any atom is -0.508 e. The zero-order valence-corrected chi connectivity index (χ0v) is 30.5. The van der Waals surface area contributed by atoms with Gasteiger partial charge < -0.3 is 53.6 Å². The molecule has 52 heavy (non-hydrogen) atoms. The minimum absolute atomic E-state index is 0.00561. The van der Waals surface area contributed by atoms with Gasteiger partial charge in [-0.15, -0.1) is 0 Å². The van der Waals surface area contributed by atoms with E-state index in [-0.39, 0.29) is 43.8 Å². The molecule has 0 spiro atoms. The highest BCUT2D eigenvalue weighted by atomic mass is 16.4. The summed E-state index contributed by atoms with van der Waals surface area (Å²) >= 11 is 0. The van der Waals surface area contributed by atoms with Crippen LogP contribution in [0.15, 0.2) is 36.4 Å². The van der Waals surface area contributed by atoms with Crippen LogP contribution >= 0.6 is 0 Å². The second-order valence-corrected chi connectivity index (χ2v) is 13.7. The molecule has 16 nitrogen and oxygen atoms in total. The monoisotopic (exact) mass is 730 g/mol. The van der Waals surface area contributed by atoms with Crippen molar-refractivity contribution >= 4 is 35.5 Å². The van der Waals surface area contributed by atoms with Crippen molar-refractivity contribution in [1.29, 1.82) is 0 Å². The van der Waals surface area contributed by atoms with Gasteiger partial charge in [0.1, 0.15) is 36.0 Å². The number of aromatic hydroxyl groups is 1. The molecular formula is C36H58N8O8. The molecule has 0 bridgehead atoms. The molecular weight excluding hydrogens is 672 g/mol. The van der Waals surface area contributed by atoms with Crippen LogP contribution in [0.1, 0.15) is 77.2 Å². The van der Waals surface area contributed by atoms with Gasteiger partial charge in [-0.1, -0.05) is 38.1 Å². The number of carboxylic acid groups (broad SMARTS) is 1. The topological polar surface area (TPSA) is 272 Å². The smallest absolute Gasteiger partial charge is 0.326 e. The first-order valence-corrected chi connectivity index (χ1v) is 18.0. The van der Waals surface area contributed by atoms with Crippen molar-refractivity contribution in [2.75, 3.05) is 20.1 Å². The number of carboxylic acids is 1. The van der Waals surface area contributed by atoms with Crippen LogP contribution in [0.25, 0.3) is 0 Å². The van der Waals surface area contributed by atoms with Crippen molar-refractivity contribution in [1.82, 2.24) is 26.2 Å². The summed E-state index contributed by atoms with van der Waals surface area (Å²) in [5, 5.41) is 30.2. The van der Waals surface area contributed by atoms with Gasteiger partial charge in [0.05, 0.1) is 6.04 Å². The van der Waals surface area contributed by atoms with E-state index in [9.17, 15) is 39.0 Å². The number of unbranched alkanes of at least 4 members (excludes halogenated alkanes) is 2. The quantitative estimate of drug-likeness (QED) is 0.0746. The second kappa shape index (κ2) is 22.4. The van der Waals surface area contributed by atoms with Gasteiger partial charge in [-0.3, -0.25) is 24.0 Å². The van der Waals surface area contributed by atoms with E-state index in [2.05, 4.69) is 21.3 Å². The molecule has 0 radical (unpaired) electrons. The first kappa shape index (κ1) is 43.6. The number of hydrogen-bond acceptors (Lipinski definition) is 10.